The summed E-state index contributed by atoms with van der Waals surface area (Å²) in [5.41, 5.74) is 1.67. The number of carbonyl (C=O) groups excluding carboxylic acids is 1. The summed E-state index contributed by atoms with van der Waals surface area (Å²) in [6.07, 6.45) is 3.46. The van der Waals surface area contributed by atoms with Crippen LogP contribution in [0, 0.1) is 0 Å². The number of furan rings is 1. The minimum Gasteiger partial charge on any atom is -0.467 e. The fourth-order valence-electron chi connectivity index (χ4n) is 2.08. The maximum Gasteiger partial charge on any atom is 0.251 e. The van der Waals surface area contributed by atoms with Gasteiger partial charge in [0, 0.05) is 22.7 Å². The summed E-state index contributed by atoms with van der Waals surface area (Å²) in [6, 6.07) is 11.0. The summed E-state index contributed by atoms with van der Waals surface area (Å²) in [6.45, 7) is 1.89. The first-order valence-corrected chi connectivity index (χ1v) is 6.15. The van der Waals surface area contributed by atoms with E-state index in [9.17, 15) is 4.79 Å². The number of amides is 1. The van der Waals surface area contributed by atoms with Crippen molar-refractivity contribution in [1.82, 2.24) is 10.3 Å². The Kier molecular flexibility index (Phi) is 2.83. The van der Waals surface area contributed by atoms with Crippen LogP contribution in [0.2, 0.25) is 0 Å². The molecule has 0 bridgehead atoms. The number of aromatic amines is 1. The lowest BCUT2D eigenvalue weighted by atomic mass is 10.1. The van der Waals surface area contributed by atoms with Crippen LogP contribution in [0.25, 0.3) is 10.9 Å². The zero-order chi connectivity index (χ0) is 13.2. The van der Waals surface area contributed by atoms with Crippen molar-refractivity contribution in [3.8, 4) is 0 Å². The Morgan fingerprint density at radius 1 is 1.32 bits per heavy atom. The number of rotatable bonds is 3. The first-order chi connectivity index (χ1) is 9.24. The van der Waals surface area contributed by atoms with Crippen molar-refractivity contribution in [3.63, 3.8) is 0 Å². The van der Waals surface area contributed by atoms with Crippen molar-refractivity contribution in [2.45, 2.75) is 13.0 Å². The fraction of sp³-hybridized carbons (Fsp3) is 0.133. The Morgan fingerprint density at radius 2 is 2.21 bits per heavy atom. The van der Waals surface area contributed by atoms with E-state index in [1.54, 1.807) is 6.26 Å². The van der Waals surface area contributed by atoms with Gasteiger partial charge in [-0.3, -0.25) is 4.79 Å². The predicted molar refractivity (Wildman–Crippen MR) is 72.9 cm³/mol. The van der Waals surface area contributed by atoms with Crippen LogP contribution in [0.5, 0.6) is 0 Å². The van der Waals surface area contributed by atoms with E-state index in [1.807, 2.05) is 49.5 Å². The average molecular weight is 254 g/mol. The van der Waals surface area contributed by atoms with Crippen molar-refractivity contribution in [2.75, 3.05) is 0 Å². The Labute approximate surface area is 110 Å². The number of H-pyrrole nitrogens is 1. The molecule has 0 radical (unpaired) electrons. The fourth-order valence-corrected chi connectivity index (χ4v) is 2.08. The van der Waals surface area contributed by atoms with Crippen LogP contribution in [0.15, 0.2) is 53.3 Å². The molecule has 1 atom stereocenters. The van der Waals surface area contributed by atoms with E-state index in [4.69, 9.17) is 4.42 Å². The number of fused-ring (bicyclic) bond motifs is 1. The highest BCUT2D eigenvalue weighted by molar-refractivity contribution is 5.98. The average Bonchev–Trinajstić information content (AvgIpc) is 3.09. The summed E-state index contributed by atoms with van der Waals surface area (Å²) in [5.74, 6) is 0.642. The highest BCUT2D eigenvalue weighted by Crippen LogP contribution is 2.16. The van der Waals surface area contributed by atoms with E-state index < -0.39 is 0 Å². The number of hydrogen-bond donors (Lipinski definition) is 2. The molecule has 0 saturated heterocycles. The van der Waals surface area contributed by atoms with Gasteiger partial charge in [0.2, 0.25) is 0 Å². The number of hydrogen-bond acceptors (Lipinski definition) is 2. The molecule has 3 aromatic rings. The number of nitrogens with one attached hydrogen (secondary N) is 2. The Bertz CT molecular complexity index is 698. The molecule has 3 rings (SSSR count). The highest BCUT2D eigenvalue weighted by Gasteiger charge is 2.13. The molecule has 1 unspecified atom stereocenters. The quantitative estimate of drug-likeness (QED) is 0.753. The summed E-state index contributed by atoms with van der Waals surface area (Å²) < 4.78 is 5.27. The summed E-state index contributed by atoms with van der Waals surface area (Å²) >= 11 is 0. The van der Waals surface area contributed by atoms with Crippen molar-refractivity contribution in [2.24, 2.45) is 0 Å². The zero-order valence-electron chi connectivity index (χ0n) is 10.5. The van der Waals surface area contributed by atoms with Gasteiger partial charge >= 0.3 is 0 Å². The SMILES string of the molecule is CC(NC(=O)c1ccc2[nH]ccc2c1)c1ccco1. The smallest absolute Gasteiger partial charge is 0.251 e. The van der Waals surface area contributed by atoms with Crippen LogP contribution in [0.3, 0.4) is 0 Å². The largest absolute Gasteiger partial charge is 0.467 e. The van der Waals surface area contributed by atoms with Crippen LogP contribution < -0.4 is 5.32 Å². The molecular formula is C15H14N2O2. The molecular weight excluding hydrogens is 240 g/mol. The third-order valence-corrected chi connectivity index (χ3v) is 3.13. The number of aromatic nitrogens is 1. The second-order valence-corrected chi connectivity index (χ2v) is 4.49. The number of benzene rings is 1. The van der Waals surface area contributed by atoms with Gasteiger partial charge in [-0.05, 0) is 43.3 Å². The van der Waals surface area contributed by atoms with Crippen molar-refractivity contribution < 1.29 is 9.21 Å². The Morgan fingerprint density at radius 3 is 3.00 bits per heavy atom. The first-order valence-electron chi connectivity index (χ1n) is 6.15. The van der Waals surface area contributed by atoms with Crippen molar-refractivity contribution in [3.05, 3.63) is 60.2 Å². The number of carbonyl (C=O) groups is 1. The van der Waals surface area contributed by atoms with E-state index in [1.165, 1.54) is 0 Å². The predicted octanol–water partition coefficient (Wildman–Crippen LogP) is 3.25. The molecule has 2 heterocycles. The van der Waals surface area contributed by atoms with Crippen LogP contribution in [-0.4, -0.2) is 10.9 Å². The van der Waals surface area contributed by atoms with Crippen LogP contribution in [-0.2, 0) is 0 Å². The van der Waals surface area contributed by atoms with E-state index in [2.05, 4.69) is 10.3 Å². The molecule has 1 amide bonds. The molecule has 4 heteroatoms. The Balaban J connectivity index is 1.79. The van der Waals surface area contributed by atoms with Gasteiger partial charge in [-0.15, -0.1) is 0 Å². The molecule has 19 heavy (non-hydrogen) atoms. The van der Waals surface area contributed by atoms with E-state index in [0.29, 0.717) is 5.56 Å². The van der Waals surface area contributed by atoms with Gasteiger partial charge in [-0.2, -0.15) is 0 Å². The topological polar surface area (TPSA) is 58.0 Å². The molecule has 2 N–H and O–H groups in total. The lowest BCUT2D eigenvalue weighted by Gasteiger charge is -2.11. The van der Waals surface area contributed by atoms with Crippen molar-refractivity contribution >= 4 is 16.8 Å². The zero-order valence-corrected chi connectivity index (χ0v) is 10.5. The van der Waals surface area contributed by atoms with Crippen LogP contribution >= 0.6 is 0 Å². The molecule has 2 aromatic heterocycles. The lowest BCUT2D eigenvalue weighted by Crippen LogP contribution is -2.26. The van der Waals surface area contributed by atoms with Gasteiger partial charge in [0.05, 0.1) is 12.3 Å². The van der Waals surface area contributed by atoms with E-state index in [-0.39, 0.29) is 11.9 Å². The summed E-state index contributed by atoms with van der Waals surface area (Å²) in [7, 11) is 0. The van der Waals surface area contributed by atoms with Gasteiger partial charge in [0.25, 0.3) is 5.91 Å². The van der Waals surface area contributed by atoms with Gasteiger partial charge < -0.3 is 14.7 Å². The molecule has 96 valence electrons. The molecule has 4 nitrogen and oxygen atoms in total. The lowest BCUT2D eigenvalue weighted by molar-refractivity contribution is 0.0935. The molecule has 0 aliphatic heterocycles. The van der Waals surface area contributed by atoms with E-state index >= 15 is 0 Å². The second kappa shape index (κ2) is 4.65. The van der Waals surface area contributed by atoms with Gasteiger partial charge in [0.1, 0.15) is 5.76 Å². The summed E-state index contributed by atoms with van der Waals surface area (Å²) in [4.78, 5) is 15.3. The molecule has 0 saturated carbocycles. The molecule has 0 aliphatic carbocycles. The monoisotopic (exact) mass is 254 g/mol. The van der Waals surface area contributed by atoms with Crippen LogP contribution in [0.4, 0.5) is 0 Å². The van der Waals surface area contributed by atoms with Gasteiger partial charge in [0.15, 0.2) is 0 Å². The van der Waals surface area contributed by atoms with E-state index in [0.717, 1.165) is 16.7 Å². The van der Waals surface area contributed by atoms with Crippen LogP contribution in [0.1, 0.15) is 29.1 Å². The first kappa shape index (κ1) is 11.6. The minimum atomic E-state index is -0.149. The third kappa shape index (κ3) is 2.25. The molecule has 0 spiro atoms. The normalized spacial score (nSPS) is 12.5. The maximum absolute atomic E-state index is 12.2. The molecule has 0 fully saturated rings. The molecule has 0 aliphatic rings. The minimum absolute atomic E-state index is 0.105. The van der Waals surface area contributed by atoms with Gasteiger partial charge in [-0.25, -0.2) is 0 Å². The highest BCUT2D eigenvalue weighted by atomic mass is 16.3. The Hall–Kier alpha value is -2.49. The third-order valence-electron chi connectivity index (χ3n) is 3.13. The second-order valence-electron chi connectivity index (χ2n) is 4.49. The molecule has 1 aromatic carbocycles. The standard InChI is InChI=1S/C15H14N2O2/c1-10(14-3-2-8-19-14)17-15(18)12-4-5-13-11(9-12)6-7-16-13/h2-10,16H,1H3,(H,17,18). The summed E-state index contributed by atoms with van der Waals surface area (Å²) in [5, 5.41) is 3.94. The van der Waals surface area contributed by atoms with Crippen molar-refractivity contribution in [1.29, 1.82) is 0 Å². The maximum atomic E-state index is 12.2. The van der Waals surface area contributed by atoms with Gasteiger partial charge in [-0.1, -0.05) is 0 Å².